The summed E-state index contributed by atoms with van der Waals surface area (Å²) in [4.78, 5) is 11.9. The molecule has 114 valence electrons. The number of rotatable bonds is 12. The topological polar surface area (TPSA) is 26.3 Å². The summed E-state index contributed by atoms with van der Waals surface area (Å²) < 4.78 is 29.4. The van der Waals surface area contributed by atoms with Crippen molar-refractivity contribution in [3.63, 3.8) is 0 Å². The van der Waals surface area contributed by atoms with E-state index < -0.39 is 6.43 Å². The van der Waals surface area contributed by atoms with E-state index in [2.05, 4.69) is 6.92 Å². The highest BCUT2D eigenvalue weighted by Crippen LogP contribution is 2.21. The molecular formula is C14H26F2O2S. The van der Waals surface area contributed by atoms with Crippen molar-refractivity contribution in [1.82, 2.24) is 0 Å². The third-order valence-electron chi connectivity index (χ3n) is 2.73. The molecule has 0 saturated carbocycles. The predicted octanol–water partition coefficient (Wildman–Crippen LogP) is 4.67. The fraction of sp³-hybridized carbons (Fsp3) is 0.929. The van der Waals surface area contributed by atoms with Crippen molar-refractivity contribution in [2.24, 2.45) is 0 Å². The molecule has 0 fully saturated rings. The second-order valence-electron chi connectivity index (χ2n) is 4.56. The molecule has 5 heteroatoms. The van der Waals surface area contributed by atoms with Gasteiger partial charge in [-0.05, 0) is 18.6 Å². The molecule has 1 unspecified atom stereocenters. The lowest BCUT2D eigenvalue weighted by Gasteiger charge is -2.15. The summed E-state index contributed by atoms with van der Waals surface area (Å²) in [6.45, 7) is 4.57. The molecule has 0 heterocycles. The van der Waals surface area contributed by atoms with Crippen LogP contribution in [-0.2, 0) is 9.53 Å². The van der Waals surface area contributed by atoms with Crippen molar-refractivity contribution < 1.29 is 18.3 Å². The minimum Gasteiger partial charge on any atom is -0.465 e. The molecule has 0 aliphatic rings. The van der Waals surface area contributed by atoms with E-state index in [1.807, 2.05) is 6.92 Å². The summed E-state index contributed by atoms with van der Waals surface area (Å²) >= 11 is 1.31. The molecule has 0 aliphatic heterocycles. The molecule has 0 aromatic carbocycles. The van der Waals surface area contributed by atoms with Gasteiger partial charge in [0.05, 0.1) is 6.61 Å². The molecular weight excluding hydrogens is 270 g/mol. The van der Waals surface area contributed by atoms with E-state index >= 15 is 0 Å². The third-order valence-corrected chi connectivity index (χ3v) is 4.03. The first-order chi connectivity index (χ1) is 9.11. The molecule has 0 bridgehead atoms. The molecule has 0 aromatic heterocycles. The molecule has 1 atom stereocenters. The van der Waals surface area contributed by atoms with Gasteiger partial charge in [-0.25, -0.2) is 8.78 Å². The van der Waals surface area contributed by atoms with E-state index in [0.717, 1.165) is 38.5 Å². The van der Waals surface area contributed by atoms with E-state index in [-0.39, 0.29) is 17.6 Å². The van der Waals surface area contributed by atoms with Gasteiger partial charge >= 0.3 is 5.97 Å². The van der Waals surface area contributed by atoms with Crippen molar-refractivity contribution in [3.05, 3.63) is 0 Å². The summed E-state index contributed by atoms with van der Waals surface area (Å²) in [7, 11) is 0. The van der Waals surface area contributed by atoms with Gasteiger partial charge in [0.25, 0.3) is 0 Å². The highest BCUT2D eigenvalue weighted by molar-refractivity contribution is 8.00. The highest BCUT2D eigenvalue weighted by atomic mass is 32.2. The van der Waals surface area contributed by atoms with Crippen LogP contribution in [0, 0.1) is 0 Å². The van der Waals surface area contributed by atoms with Crippen LogP contribution in [0.3, 0.4) is 0 Å². The van der Waals surface area contributed by atoms with Crippen LogP contribution in [0.5, 0.6) is 0 Å². The molecule has 0 aliphatic carbocycles. The quantitative estimate of drug-likeness (QED) is 0.387. The van der Waals surface area contributed by atoms with Gasteiger partial charge in [-0.3, -0.25) is 4.79 Å². The largest absolute Gasteiger partial charge is 0.465 e. The van der Waals surface area contributed by atoms with Gasteiger partial charge in [-0.2, -0.15) is 0 Å². The number of unbranched alkanes of at least 4 members (excludes halogenated alkanes) is 3. The maximum Gasteiger partial charge on any atom is 0.319 e. The summed E-state index contributed by atoms with van der Waals surface area (Å²) in [6.07, 6.45) is 3.21. The maximum atomic E-state index is 12.1. The first-order valence-electron chi connectivity index (χ1n) is 7.18. The van der Waals surface area contributed by atoms with Crippen LogP contribution in [0.25, 0.3) is 0 Å². The average molecular weight is 296 g/mol. The number of halogens is 2. The lowest BCUT2D eigenvalue weighted by atomic mass is 10.1. The Bertz CT molecular complexity index is 225. The van der Waals surface area contributed by atoms with Crippen molar-refractivity contribution in [3.8, 4) is 0 Å². The Kier molecular flexibility index (Phi) is 12.5. The maximum absolute atomic E-state index is 12.1. The van der Waals surface area contributed by atoms with Crippen LogP contribution in [-0.4, -0.2) is 30.0 Å². The standard InChI is InChI=1S/C14H26F2O2S/c1-3-5-7-8-12(19-11-9-13(15)16)14(17)18-10-6-4-2/h12-13H,3-11H2,1-2H3. The minimum absolute atomic E-state index is 0.156. The van der Waals surface area contributed by atoms with E-state index in [0.29, 0.717) is 12.4 Å². The number of thioether (sulfide) groups is 1. The van der Waals surface area contributed by atoms with Gasteiger partial charge in [-0.15, -0.1) is 11.8 Å². The van der Waals surface area contributed by atoms with E-state index in [4.69, 9.17) is 4.74 Å². The van der Waals surface area contributed by atoms with Gasteiger partial charge in [0, 0.05) is 6.42 Å². The number of hydrogen-bond acceptors (Lipinski definition) is 3. The summed E-state index contributed by atoms with van der Waals surface area (Å²) in [6, 6.07) is 0. The zero-order chi connectivity index (χ0) is 14.5. The molecule has 19 heavy (non-hydrogen) atoms. The second-order valence-corrected chi connectivity index (χ2v) is 5.87. The van der Waals surface area contributed by atoms with Gasteiger partial charge in [0.1, 0.15) is 5.25 Å². The second kappa shape index (κ2) is 12.7. The van der Waals surface area contributed by atoms with Crippen molar-refractivity contribution >= 4 is 17.7 Å². The van der Waals surface area contributed by atoms with Crippen LogP contribution >= 0.6 is 11.8 Å². The molecule has 0 N–H and O–H groups in total. The van der Waals surface area contributed by atoms with Crippen LogP contribution in [0.15, 0.2) is 0 Å². The van der Waals surface area contributed by atoms with Crippen LogP contribution in [0.4, 0.5) is 8.78 Å². The molecule has 0 amide bonds. The normalized spacial score (nSPS) is 12.7. The summed E-state index contributed by atoms with van der Waals surface area (Å²) in [5, 5.41) is -0.276. The lowest BCUT2D eigenvalue weighted by molar-refractivity contribution is -0.143. The Morgan fingerprint density at radius 2 is 1.79 bits per heavy atom. The molecule has 0 aromatic rings. The van der Waals surface area contributed by atoms with Crippen molar-refractivity contribution in [1.29, 1.82) is 0 Å². The SMILES string of the molecule is CCCCCC(SCCC(F)F)C(=O)OCCCC. The summed E-state index contributed by atoms with van der Waals surface area (Å²) in [5.41, 5.74) is 0. The lowest BCUT2D eigenvalue weighted by Crippen LogP contribution is -2.21. The predicted molar refractivity (Wildman–Crippen MR) is 76.9 cm³/mol. The Labute approximate surface area is 119 Å². The first-order valence-corrected chi connectivity index (χ1v) is 8.23. The number of esters is 1. The molecule has 0 saturated heterocycles. The number of carbonyl (C=O) groups is 1. The molecule has 0 rings (SSSR count). The van der Waals surface area contributed by atoms with Crippen molar-refractivity contribution in [2.45, 2.75) is 70.5 Å². The first kappa shape index (κ1) is 18.7. The Hall–Kier alpha value is -0.320. The third kappa shape index (κ3) is 11.2. The molecule has 2 nitrogen and oxygen atoms in total. The van der Waals surface area contributed by atoms with Crippen LogP contribution in [0.1, 0.15) is 58.8 Å². The van der Waals surface area contributed by atoms with E-state index in [1.165, 1.54) is 11.8 Å². The number of alkyl halides is 2. The zero-order valence-electron chi connectivity index (χ0n) is 12.0. The monoisotopic (exact) mass is 296 g/mol. The Morgan fingerprint density at radius 1 is 1.11 bits per heavy atom. The van der Waals surface area contributed by atoms with Gasteiger partial charge in [0.2, 0.25) is 6.43 Å². The number of carbonyl (C=O) groups excluding carboxylic acids is 1. The number of hydrogen-bond donors (Lipinski definition) is 0. The molecule has 0 radical (unpaired) electrons. The van der Waals surface area contributed by atoms with E-state index in [9.17, 15) is 13.6 Å². The highest BCUT2D eigenvalue weighted by Gasteiger charge is 2.20. The summed E-state index contributed by atoms with van der Waals surface area (Å²) in [5.74, 6) is 0.0842. The van der Waals surface area contributed by atoms with Gasteiger partial charge in [0.15, 0.2) is 0 Å². The molecule has 0 spiro atoms. The van der Waals surface area contributed by atoms with Crippen LogP contribution < -0.4 is 0 Å². The van der Waals surface area contributed by atoms with Crippen molar-refractivity contribution in [2.75, 3.05) is 12.4 Å². The number of ether oxygens (including phenoxy) is 1. The van der Waals surface area contributed by atoms with Crippen LogP contribution in [0.2, 0.25) is 0 Å². The minimum atomic E-state index is -2.29. The van der Waals surface area contributed by atoms with Gasteiger partial charge < -0.3 is 4.74 Å². The fourth-order valence-corrected chi connectivity index (χ4v) is 2.69. The van der Waals surface area contributed by atoms with Gasteiger partial charge in [-0.1, -0.05) is 39.5 Å². The zero-order valence-corrected chi connectivity index (χ0v) is 12.8. The Balaban J connectivity index is 4.03. The fourth-order valence-electron chi connectivity index (χ4n) is 1.56. The van der Waals surface area contributed by atoms with E-state index in [1.54, 1.807) is 0 Å². The average Bonchev–Trinajstić information content (AvgIpc) is 2.37. The smallest absolute Gasteiger partial charge is 0.319 e. The Morgan fingerprint density at radius 3 is 2.37 bits per heavy atom.